The highest BCUT2D eigenvalue weighted by Crippen LogP contribution is 2.41. The number of aromatic amines is 1. The van der Waals surface area contributed by atoms with Gasteiger partial charge in [-0.3, -0.25) is 0 Å². The molecule has 174 valence electrons. The number of H-pyrrole nitrogens is 1. The van der Waals surface area contributed by atoms with Crippen molar-refractivity contribution in [3.05, 3.63) is 47.9 Å². The third kappa shape index (κ3) is 3.80. The minimum atomic E-state index is 0.379. The van der Waals surface area contributed by atoms with Crippen LogP contribution < -0.4 is 4.74 Å². The third-order valence-electron chi connectivity index (χ3n) is 7.56. The average molecular weight is 446 g/mol. The molecule has 0 bridgehead atoms. The molecule has 1 fully saturated rings. The van der Waals surface area contributed by atoms with Crippen molar-refractivity contribution in [2.75, 3.05) is 14.2 Å². The van der Waals surface area contributed by atoms with Crippen molar-refractivity contribution in [2.45, 2.75) is 70.9 Å². The zero-order valence-corrected chi connectivity index (χ0v) is 20.6. The molecule has 6 heteroatoms. The molecule has 3 heterocycles. The van der Waals surface area contributed by atoms with Crippen LogP contribution in [-0.2, 0) is 0 Å². The first kappa shape index (κ1) is 22.0. The molecule has 0 amide bonds. The van der Waals surface area contributed by atoms with Gasteiger partial charge in [0.15, 0.2) is 11.4 Å². The lowest BCUT2D eigenvalue weighted by Gasteiger charge is -2.28. The van der Waals surface area contributed by atoms with Crippen LogP contribution in [0, 0.1) is 0 Å². The van der Waals surface area contributed by atoms with E-state index in [2.05, 4.69) is 79.0 Å². The molecule has 2 unspecified atom stereocenters. The van der Waals surface area contributed by atoms with Crippen molar-refractivity contribution in [1.29, 1.82) is 0 Å². The summed E-state index contributed by atoms with van der Waals surface area (Å²) in [5.74, 6) is 1.74. The Bertz CT molecular complexity index is 1280. The summed E-state index contributed by atoms with van der Waals surface area (Å²) >= 11 is 0. The molecular weight excluding hydrogens is 410 g/mol. The molecule has 5 rings (SSSR count). The molecule has 1 aromatic carbocycles. The maximum absolute atomic E-state index is 5.61. The van der Waals surface area contributed by atoms with Crippen molar-refractivity contribution in [2.24, 2.45) is 0 Å². The second-order valence-electron chi connectivity index (χ2n) is 10.1. The van der Waals surface area contributed by atoms with Crippen LogP contribution in [-0.4, -0.2) is 50.7 Å². The number of methoxy groups -OCH3 is 1. The van der Waals surface area contributed by atoms with Crippen LogP contribution in [0.15, 0.2) is 36.8 Å². The number of pyridine rings is 1. The summed E-state index contributed by atoms with van der Waals surface area (Å²) in [6, 6.07) is 10.4. The van der Waals surface area contributed by atoms with Crippen LogP contribution in [0.5, 0.6) is 5.75 Å². The molecule has 1 aliphatic carbocycles. The van der Waals surface area contributed by atoms with Gasteiger partial charge in [-0.1, -0.05) is 19.9 Å². The fraction of sp³-hybridized carbons (Fsp3) is 0.481. The Labute approximate surface area is 196 Å². The van der Waals surface area contributed by atoms with Gasteiger partial charge in [0, 0.05) is 34.7 Å². The highest BCUT2D eigenvalue weighted by Gasteiger charge is 2.30. The number of fused-ring (bicyclic) bond motifs is 2. The van der Waals surface area contributed by atoms with Crippen molar-refractivity contribution in [3.8, 4) is 17.0 Å². The number of hydrogen-bond donors (Lipinski definition) is 1. The van der Waals surface area contributed by atoms with E-state index in [1.807, 2.05) is 6.20 Å². The fourth-order valence-corrected chi connectivity index (χ4v) is 5.55. The molecule has 6 nitrogen and oxygen atoms in total. The number of nitrogens with zero attached hydrogens (tertiary/aromatic N) is 4. The van der Waals surface area contributed by atoms with E-state index in [1.165, 1.54) is 41.3 Å². The normalized spacial score (nSPS) is 19.1. The molecule has 0 spiro atoms. The quantitative estimate of drug-likeness (QED) is 0.396. The van der Waals surface area contributed by atoms with E-state index < -0.39 is 0 Å². The lowest BCUT2D eigenvalue weighted by atomic mass is 9.92. The number of aromatic nitrogens is 4. The molecule has 0 aliphatic heterocycles. The van der Waals surface area contributed by atoms with Crippen LogP contribution in [0.4, 0.5) is 0 Å². The number of hydrogen-bond acceptors (Lipinski definition) is 4. The van der Waals surface area contributed by atoms with Crippen LogP contribution in [0.3, 0.4) is 0 Å². The number of ether oxygens (including phenoxy) is 1. The third-order valence-corrected chi connectivity index (χ3v) is 7.56. The summed E-state index contributed by atoms with van der Waals surface area (Å²) in [7, 11) is 3.96. The highest BCUT2D eigenvalue weighted by atomic mass is 16.5. The Balaban J connectivity index is 1.57. The Morgan fingerprint density at radius 2 is 1.97 bits per heavy atom. The maximum Gasteiger partial charge on any atom is 0.197 e. The maximum atomic E-state index is 5.61. The lowest BCUT2D eigenvalue weighted by molar-refractivity contribution is 0.197. The Morgan fingerprint density at radius 3 is 2.70 bits per heavy atom. The Hall–Kier alpha value is -2.86. The van der Waals surface area contributed by atoms with E-state index in [-0.39, 0.29) is 0 Å². The number of nitrogens with one attached hydrogen (secondary N) is 1. The summed E-state index contributed by atoms with van der Waals surface area (Å²) in [6.45, 7) is 9.13. The Morgan fingerprint density at radius 1 is 1.15 bits per heavy atom. The summed E-state index contributed by atoms with van der Waals surface area (Å²) in [5, 5.41) is 5.68. The van der Waals surface area contributed by atoms with Crippen molar-refractivity contribution >= 4 is 16.6 Å². The first-order chi connectivity index (χ1) is 15.9. The number of rotatable bonds is 6. The monoisotopic (exact) mass is 445 g/mol. The van der Waals surface area contributed by atoms with Crippen LogP contribution in [0.2, 0.25) is 0 Å². The lowest BCUT2D eigenvalue weighted by Crippen LogP contribution is -2.35. The minimum Gasteiger partial charge on any atom is -0.493 e. The van der Waals surface area contributed by atoms with Crippen LogP contribution in [0.1, 0.15) is 69.9 Å². The van der Waals surface area contributed by atoms with Gasteiger partial charge in [-0.25, -0.2) is 9.50 Å². The molecule has 3 aromatic heterocycles. The molecule has 0 radical (unpaired) electrons. The van der Waals surface area contributed by atoms with Crippen LogP contribution in [0.25, 0.3) is 27.8 Å². The van der Waals surface area contributed by atoms with Crippen molar-refractivity contribution in [1.82, 2.24) is 24.5 Å². The van der Waals surface area contributed by atoms with E-state index in [0.717, 1.165) is 22.7 Å². The first-order valence-corrected chi connectivity index (χ1v) is 12.1. The van der Waals surface area contributed by atoms with Gasteiger partial charge >= 0.3 is 0 Å². The second kappa shape index (κ2) is 8.49. The summed E-state index contributed by atoms with van der Waals surface area (Å²) in [5.41, 5.74) is 6.93. The summed E-state index contributed by atoms with van der Waals surface area (Å²) in [4.78, 5) is 10.6. The number of benzene rings is 1. The standard InChI is InChI=1S/C27H35N5O/c1-16(2)25-22-12-19(18-7-9-21(11-18)31(5)17(3)4)8-10-23(22)30-26(25)20-13-24(33-6)27-28-15-29-32(27)14-20/h8,10,12-18,21,30H,7,9,11H2,1-6H3. The Kier molecular flexibility index (Phi) is 5.65. The zero-order chi connectivity index (χ0) is 23.3. The van der Waals surface area contributed by atoms with Crippen LogP contribution >= 0.6 is 0 Å². The van der Waals surface area contributed by atoms with Crippen molar-refractivity contribution in [3.63, 3.8) is 0 Å². The SMILES string of the molecule is COc1cc(-c2[nH]c3ccc(C4CCC(N(C)C(C)C)C4)cc3c2C(C)C)cn2ncnc12. The van der Waals surface area contributed by atoms with Gasteiger partial charge in [0.2, 0.25) is 0 Å². The second-order valence-corrected chi connectivity index (χ2v) is 10.1. The molecule has 0 saturated heterocycles. The van der Waals surface area contributed by atoms with Gasteiger partial charge in [0.05, 0.1) is 12.8 Å². The highest BCUT2D eigenvalue weighted by molar-refractivity contribution is 5.92. The minimum absolute atomic E-state index is 0.379. The summed E-state index contributed by atoms with van der Waals surface area (Å²) in [6.07, 6.45) is 7.39. The predicted molar refractivity (Wildman–Crippen MR) is 134 cm³/mol. The first-order valence-electron chi connectivity index (χ1n) is 12.1. The van der Waals surface area contributed by atoms with Gasteiger partial charge < -0.3 is 14.6 Å². The summed E-state index contributed by atoms with van der Waals surface area (Å²) < 4.78 is 7.40. The largest absolute Gasteiger partial charge is 0.493 e. The fourth-order valence-electron chi connectivity index (χ4n) is 5.55. The molecule has 4 aromatic rings. The van der Waals surface area contributed by atoms with Crippen molar-refractivity contribution < 1.29 is 4.74 Å². The van der Waals surface area contributed by atoms with E-state index in [9.17, 15) is 0 Å². The molecule has 1 N–H and O–H groups in total. The van der Waals surface area contributed by atoms with Gasteiger partial charge in [0.1, 0.15) is 6.33 Å². The topological polar surface area (TPSA) is 58.5 Å². The molecule has 1 saturated carbocycles. The smallest absolute Gasteiger partial charge is 0.197 e. The van der Waals surface area contributed by atoms with Gasteiger partial charge in [-0.05, 0) is 81.3 Å². The van der Waals surface area contributed by atoms with E-state index >= 15 is 0 Å². The predicted octanol–water partition coefficient (Wildman–Crippen LogP) is 5.99. The van der Waals surface area contributed by atoms with Gasteiger partial charge in [-0.2, -0.15) is 5.10 Å². The van der Waals surface area contributed by atoms with Gasteiger partial charge in [-0.15, -0.1) is 0 Å². The van der Waals surface area contributed by atoms with Gasteiger partial charge in [0.25, 0.3) is 0 Å². The van der Waals surface area contributed by atoms with E-state index in [4.69, 9.17) is 4.74 Å². The van der Waals surface area contributed by atoms with E-state index in [1.54, 1.807) is 18.0 Å². The van der Waals surface area contributed by atoms with E-state index in [0.29, 0.717) is 23.9 Å². The molecular formula is C27H35N5O. The molecule has 33 heavy (non-hydrogen) atoms. The zero-order valence-electron chi connectivity index (χ0n) is 20.6. The molecule has 1 aliphatic rings. The average Bonchev–Trinajstić information content (AvgIpc) is 3.54. The molecule has 2 atom stereocenters.